The number of rotatable bonds is 4. The molecule has 92 valence electrons. The van der Waals surface area contributed by atoms with Gasteiger partial charge < -0.3 is 4.90 Å². The maximum absolute atomic E-state index is 13.9. The monoisotopic (exact) mass is 247 g/mol. The highest BCUT2D eigenvalue weighted by Crippen LogP contribution is 2.34. The Bertz CT molecular complexity index is 538. The van der Waals surface area contributed by atoms with Crippen LogP contribution in [0.15, 0.2) is 12.1 Å². The molecule has 5 heteroatoms. The Morgan fingerprint density at radius 1 is 1.22 bits per heavy atom. The molecule has 1 aliphatic carbocycles. The van der Waals surface area contributed by atoms with Gasteiger partial charge in [0, 0.05) is 12.6 Å². The molecule has 0 spiro atoms. The maximum atomic E-state index is 13.9. The molecule has 0 atom stereocenters. The predicted octanol–water partition coefficient (Wildman–Crippen LogP) is 2.72. The lowest BCUT2D eigenvalue weighted by Crippen LogP contribution is -2.28. The summed E-state index contributed by atoms with van der Waals surface area (Å²) >= 11 is 0. The molecule has 1 aromatic carbocycles. The van der Waals surface area contributed by atoms with Crippen molar-refractivity contribution in [3.63, 3.8) is 0 Å². The number of nitriles is 2. The first-order valence-electron chi connectivity index (χ1n) is 5.70. The van der Waals surface area contributed by atoms with E-state index in [1.54, 1.807) is 11.0 Å². The van der Waals surface area contributed by atoms with Gasteiger partial charge in [-0.2, -0.15) is 10.5 Å². The van der Waals surface area contributed by atoms with E-state index in [0.717, 1.165) is 12.8 Å². The van der Waals surface area contributed by atoms with Gasteiger partial charge in [0.25, 0.3) is 0 Å². The first-order valence-corrected chi connectivity index (χ1v) is 5.70. The Kier molecular flexibility index (Phi) is 3.43. The summed E-state index contributed by atoms with van der Waals surface area (Å²) < 4.78 is 27.4. The van der Waals surface area contributed by atoms with Crippen molar-refractivity contribution in [1.29, 1.82) is 10.5 Å². The molecule has 1 aromatic rings. The Morgan fingerprint density at radius 2 is 1.94 bits per heavy atom. The summed E-state index contributed by atoms with van der Waals surface area (Å²) in [6.45, 7) is 0.378. The van der Waals surface area contributed by atoms with Crippen molar-refractivity contribution in [1.82, 2.24) is 0 Å². The van der Waals surface area contributed by atoms with Crippen molar-refractivity contribution in [3.8, 4) is 12.1 Å². The predicted molar refractivity (Wildman–Crippen MR) is 61.7 cm³/mol. The maximum Gasteiger partial charge on any atom is 0.183 e. The third-order valence-corrected chi connectivity index (χ3v) is 2.94. The second-order valence-electron chi connectivity index (χ2n) is 4.20. The van der Waals surface area contributed by atoms with Crippen molar-refractivity contribution in [3.05, 3.63) is 29.3 Å². The molecule has 3 nitrogen and oxygen atoms in total. The fourth-order valence-corrected chi connectivity index (χ4v) is 1.90. The van der Waals surface area contributed by atoms with Gasteiger partial charge >= 0.3 is 0 Å². The summed E-state index contributed by atoms with van der Waals surface area (Å²) in [4.78, 5) is 1.71. The molecule has 0 heterocycles. The lowest BCUT2D eigenvalue weighted by Gasteiger charge is -2.24. The highest BCUT2D eigenvalue weighted by Gasteiger charge is 2.31. The van der Waals surface area contributed by atoms with Gasteiger partial charge in [0.05, 0.1) is 23.7 Å². The summed E-state index contributed by atoms with van der Waals surface area (Å²) in [6, 6.07) is 6.46. The number of hydrogen-bond acceptors (Lipinski definition) is 3. The number of hydrogen-bond donors (Lipinski definition) is 0. The summed E-state index contributed by atoms with van der Waals surface area (Å²) in [5.74, 6) is -2.11. The van der Waals surface area contributed by atoms with Crippen LogP contribution in [0.2, 0.25) is 0 Å². The van der Waals surface area contributed by atoms with Crippen LogP contribution in [-0.4, -0.2) is 12.6 Å². The van der Waals surface area contributed by atoms with Crippen LogP contribution in [0.1, 0.15) is 24.8 Å². The number of halogens is 2. The molecular formula is C13H11F2N3. The zero-order valence-electron chi connectivity index (χ0n) is 9.66. The first kappa shape index (κ1) is 12.3. The Hall–Kier alpha value is -2.14. The molecule has 1 fully saturated rings. The quantitative estimate of drug-likeness (QED) is 0.822. The van der Waals surface area contributed by atoms with E-state index < -0.39 is 11.6 Å². The van der Waals surface area contributed by atoms with E-state index in [1.165, 1.54) is 12.1 Å². The fraction of sp³-hybridized carbons (Fsp3) is 0.385. The second-order valence-corrected chi connectivity index (χ2v) is 4.20. The summed E-state index contributed by atoms with van der Waals surface area (Å²) in [5.41, 5.74) is -0.156. The summed E-state index contributed by atoms with van der Waals surface area (Å²) in [5, 5.41) is 17.2. The third kappa shape index (κ3) is 2.26. The highest BCUT2D eigenvalue weighted by atomic mass is 19.2. The van der Waals surface area contributed by atoms with Gasteiger partial charge in [-0.15, -0.1) is 0 Å². The molecule has 0 radical (unpaired) electrons. The average Bonchev–Trinajstić information content (AvgIpc) is 3.19. The van der Waals surface area contributed by atoms with E-state index >= 15 is 0 Å². The minimum Gasteiger partial charge on any atom is -0.365 e. The topological polar surface area (TPSA) is 50.8 Å². The Balaban J connectivity index is 2.34. The smallest absolute Gasteiger partial charge is 0.183 e. The van der Waals surface area contributed by atoms with Crippen LogP contribution >= 0.6 is 0 Å². The van der Waals surface area contributed by atoms with Crippen molar-refractivity contribution in [2.24, 2.45) is 0 Å². The van der Waals surface area contributed by atoms with Gasteiger partial charge in [-0.1, -0.05) is 0 Å². The number of benzene rings is 1. The number of nitrogens with zero attached hydrogens (tertiary/aromatic N) is 3. The van der Waals surface area contributed by atoms with Gasteiger partial charge in [0.2, 0.25) is 0 Å². The second kappa shape index (κ2) is 5.01. The minimum atomic E-state index is -1.11. The van der Waals surface area contributed by atoms with Gasteiger partial charge in [0.15, 0.2) is 11.6 Å². The van der Waals surface area contributed by atoms with E-state index in [-0.39, 0.29) is 23.7 Å². The molecule has 0 unspecified atom stereocenters. The molecule has 0 N–H and O–H groups in total. The van der Waals surface area contributed by atoms with E-state index in [4.69, 9.17) is 10.5 Å². The van der Waals surface area contributed by atoms with Crippen LogP contribution in [0.3, 0.4) is 0 Å². The van der Waals surface area contributed by atoms with Crippen LogP contribution in [-0.2, 0) is 0 Å². The first-order chi connectivity index (χ1) is 8.69. The lowest BCUT2D eigenvalue weighted by atomic mass is 10.1. The van der Waals surface area contributed by atoms with Crippen molar-refractivity contribution in [2.45, 2.75) is 25.3 Å². The van der Waals surface area contributed by atoms with Crippen molar-refractivity contribution >= 4 is 5.69 Å². The SMILES string of the molecule is N#CCCN(c1ccc(C#N)c(F)c1F)C1CC1. The Morgan fingerprint density at radius 3 is 2.50 bits per heavy atom. The number of anilines is 1. The molecule has 0 aromatic heterocycles. The van der Waals surface area contributed by atoms with E-state index in [0.29, 0.717) is 6.54 Å². The van der Waals surface area contributed by atoms with E-state index in [9.17, 15) is 8.78 Å². The summed E-state index contributed by atoms with van der Waals surface area (Å²) in [7, 11) is 0. The van der Waals surface area contributed by atoms with Crippen LogP contribution in [0.4, 0.5) is 14.5 Å². The Labute approximate surface area is 104 Å². The molecule has 0 amide bonds. The van der Waals surface area contributed by atoms with Gasteiger partial charge in [-0.05, 0) is 25.0 Å². The summed E-state index contributed by atoms with van der Waals surface area (Å²) in [6.07, 6.45) is 2.11. The largest absolute Gasteiger partial charge is 0.365 e. The molecule has 2 rings (SSSR count). The highest BCUT2D eigenvalue weighted by molar-refractivity contribution is 5.53. The minimum absolute atomic E-state index is 0.143. The zero-order chi connectivity index (χ0) is 13.1. The van der Waals surface area contributed by atoms with Gasteiger partial charge in [0.1, 0.15) is 6.07 Å². The van der Waals surface area contributed by atoms with Crippen LogP contribution in [0, 0.1) is 34.3 Å². The van der Waals surface area contributed by atoms with Crippen molar-refractivity contribution in [2.75, 3.05) is 11.4 Å². The van der Waals surface area contributed by atoms with Crippen LogP contribution in [0.25, 0.3) is 0 Å². The standard InChI is InChI=1S/C13H11F2N3/c14-12-9(8-17)2-5-11(13(12)15)18(7-1-6-16)10-3-4-10/h2,5,10H,1,3-4,7H2. The fourth-order valence-electron chi connectivity index (χ4n) is 1.90. The molecule has 1 aliphatic rings. The molecule has 1 saturated carbocycles. The molecule has 0 bridgehead atoms. The van der Waals surface area contributed by atoms with Crippen molar-refractivity contribution < 1.29 is 8.78 Å². The van der Waals surface area contributed by atoms with Crippen LogP contribution < -0.4 is 4.90 Å². The van der Waals surface area contributed by atoms with Crippen LogP contribution in [0.5, 0.6) is 0 Å². The normalized spacial score (nSPS) is 13.8. The molecule has 18 heavy (non-hydrogen) atoms. The average molecular weight is 247 g/mol. The molecule has 0 aliphatic heterocycles. The van der Waals surface area contributed by atoms with Gasteiger partial charge in [-0.25, -0.2) is 8.78 Å². The lowest BCUT2D eigenvalue weighted by molar-refractivity contribution is 0.503. The zero-order valence-corrected chi connectivity index (χ0v) is 9.66. The third-order valence-electron chi connectivity index (χ3n) is 2.94. The molecule has 0 saturated heterocycles. The molecular weight excluding hydrogens is 236 g/mol. The van der Waals surface area contributed by atoms with E-state index in [2.05, 4.69) is 0 Å². The van der Waals surface area contributed by atoms with Gasteiger partial charge in [-0.3, -0.25) is 0 Å². The van der Waals surface area contributed by atoms with E-state index in [1.807, 2.05) is 6.07 Å².